The fourth-order valence-corrected chi connectivity index (χ4v) is 1.73. The fraction of sp³-hybridized carbons (Fsp3) is 0.100. The van der Waals surface area contributed by atoms with Gasteiger partial charge in [0.2, 0.25) is 0 Å². The second-order valence-electron chi connectivity index (χ2n) is 2.95. The molecule has 14 heavy (non-hydrogen) atoms. The smallest absolute Gasteiger partial charge is 0.124 e. The average Bonchev–Trinajstić information content (AvgIpc) is 2.62. The molecule has 2 aromatic rings. The minimum Gasteiger partial charge on any atom is -0.348 e. The van der Waals surface area contributed by atoms with Crippen molar-refractivity contribution in [2.45, 2.75) is 6.42 Å². The summed E-state index contributed by atoms with van der Waals surface area (Å²) in [6.45, 7) is 0. The standard InChI is InChI=1S/C10H8BrFN2/c11-9-6-8(12)2-1-7(9)5-10-13-3-4-14-10/h1-4,6H,5H2,(H,13,14). The number of nitrogens with one attached hydrogen (secondary N) is 1. The lowest BCUT2D eigenvalue weighted by Gasteiger charge is -2.01. The Morgan fingerprint density at radius 1 is 1.43 bits per heavy atom. The van der Waals surface area contributed by atoms with Crippen LogP contribution in [0, 0.1) is 5.82 Å². The highest BCUT2D eigenvalue weighted by molar-refractivity contribution is 9.10. The minimum atomic E-state index is -0.236. The molecule has 0 bridgehead atoms. The molecule has 1 heterocycles. The average molecular weight is 255 g/mol. The maximum Gasteiger partial charge on any atom is 0.124 e. The number of nitrogens with zero attached hydrogens (tertiary/aromatic N) is 1. The summed E-state index contributed by atoms with van der Waals surface area (Å²) >= 11 is 3.31. The Bertz CT molecular complexity index is 426. The van der Waals surface area contributed by atoms with Gasteiger partial charge in [0, 0.05) is 23.3 Å². The molecule has 0 aliphatic carbocycles. The molecule has 4 heteroatoms. The van der Waals surface area contributed by atoms with Crippen molar-refractivity contribution in [3.05, 3.63) is 52.3 Å². The SMILES string of the molecule is Fc1ccc(Cc2ncc[nH]2)c(Br)c1. The van der Waals surface area contributed by atoms with Crippen molar-refractivity contribution >= 4 is 15.9 Å². The van der Waals surface area contributed by atoms with E-state index in [1.165, 1.54) is 12.1 Å². The molecule has 2 nitrogen and oxygen atoms in total. The minimum absolute atomic E-state index is 0.236. The summed E-state index contributed by atoms with van der Waals surface area (Å²) in [5.41, 5.74) is 1.02. The summed E-state index contributed by atoms with van der Waals surface area (Å²) in [6.07, 6.45) is 4.15. The molecule has 0 amide bonds. The summed E-state index contributed by atoms with van der Waals surface area (Å²) in [4.78, 5) is 7.11. The molecule has 1 N–H and O–H groups in total. The monoisotopic (exact) mass is 254 g/mol. The quantitative estimate of drug-likeness (QED) is 0.878. The van der Waals surface area contributed by atoms with Crippen molar-refractivity contribution in [2.75, 3.05) is 0 Å². The van der Waals surface area contributed by atoms with E-state index in [-0.39, 0.29) is 5.82 Å². The van der Waals surface area contributed by atoms with Gasteiger partial charge in [-0.1, -0.05) is 22.0 Å². The van der Waals surface area contributed by atoms with E-state index in [1.807, 2.05) is 0 Å². The van der Waals surface area contributed by atoms with Crippen LogP contribution in [0.3, 0.4) is 0 Å². The highest BCUT2D eigenvalue weighted by atomic mass is 79.9. The molecule has 0 saturated heterocycles. The number of aromatic amines is 1. The van der Waals surface area contributed by atoms with Crippen molar-refractivity contribution in [2.24, 2.45) is 0 Å². The normalized spacial score (nSPS) is 10.4. The molecule has 0 unspecified atom stereocenters. The van der Waals surface area contributed by atoms with Gasteiger partial charge in [0.05, 0.1) is 0 Å². The van der Waals surface area contributed by atoms with Crippen LogP contribution in [-0.2, 0) is 6.42 Å². The second kappa shape index (κ2) is 3.92. The number of imidazole rings is 1. The lowest BCUT2D eigenvalue weighted by atomic mass is 10.1. The molecule has 1 aromatic heterocycles. The maximum atomic E-state index is 12.8. The number of hydrogen-bond acceptors (Lipinski definition) is 1. The van der Waals surface area contributed by atoms with Crippen LogP contribution >= 0.6 is 15.9 Å². The molecule has 0 radical (unpaired) electrons. The Balaban J connectivity index is 2.25. The zero-order valence-electron chi connectivity index (χ0n) is 7.30. The molecule has 0 spiro atoms. The van der Waals surface area contributed by atoms with E-state index in [2.05, 4.69) is 25.9 Å². The number of aromatic nitrogens is 2. The Morgan fingerprint density at radius 3 is 2.93 bits per heavy atom. The van der Waals surface area contributed by atoms with E-state index >= 15 is 0 Å². The second-order valence-corrected chi connectivity index (χ2v) is 3.80. The topological polar surface area (TPSA) is 28.7 Å². The summed E-state index contributed by atoms with van der Waals surface area (Å²) in [7, 11) is 0. The van der Waals surface area contributed by atoms with Crippen LogP contribution in [0.5, 0.6) is 0 Å². The first-order chi connectivity index (χ1) is 6.75. The van der Waals surface area contributed by atoms with Gasteiger partial charge in [0.1, 0.15) is 11.6 Å². The number of hydrogen-bond donors (Lipinski definition) is 1. The molecular weight excluding hydrogens is 247 g/mol. The Labute approximate surface area is 89.3 Å². The molecule has 2 rings (SSSR count). The first-order valence-electron chi connectivity index (χ1n) is 4.18. The molecule has 72 valence electrons. The summed E-state index contributed by atoms with van der Waals surface area (Å²) < 4.78 is 13.5. The van der Waals surface area contributed by atoms with Crippen LogP contribution in [0.1, 0.15) is 11.4 Å². The molecule has 1 aromatic carbocycles. The van der Waals surface area contributed by atoms with Gasteiger partial charge in [0.15, 0.2) is 0 Å². The van der Waals surface area contributed by atoms with Crippen LogP contribution in [0.15, 0.2) is 35.1 Å². The van der Waals surface area contributed by atoms with Crippen LogP contribution in [0.2, 0.25) is 0 Å². The zero-order valence-corrected chi connectivity index (χ0v) is 8.88. The number of benzene rings is 1. The van der Waals surface area contributed by atoms with Gasteiger partial charge in [0.25, 0.3) is 0 Å². The fourth-order valence-electron chi connectivity index (χ4n) is 1.24. The lowest BCUT2D eigenvalue weighted by Crippen LogP contribution is -1.92. The highest BCUT2D eigenvalue weighted by Gasteiger charge is 2.03. The predicted octanol–water partition coefficient (Wildman–Crippen LogP) is 2.90. The number of H-pyrrole nitrogens is 1. The van der Waals surface area contributed by atoms with E-state index in [0.29, 0.717) is 6.42 Å². The van der Waals surface area contributed by atoms with Crippen molar-refractivity contribution in [1.82, 2.24) is 9.97 Å². The van der Waals surface area contributed by atoms with E-state index in [9.17, 15) is 4.39 Å². The molecule has 0 saturated carbocycles. The van der Waals surface area contributed by atoms with Gasteiger partial charge >= 0.3 is 0 Å². The van der Waals surface area contributed by atoms with Gasteiger partial charge in [-0.15, -0.1) is 0 Å². The third-order valence-electron chi connectivity index (χ3n) is 1.93. The highest BCUT2D eigenvalue weighted by Crippen LogP contribution is 2.19. The molecular formula is C10H8BrFN2. The van der Waals surface area contributed by atoms with E-state index in [1.54, 1.807) is 18.5 Å². The van der Waals surface area contributed by atoms with Crippen LogP contribution < -0.4 is 0 Å². The summed E-state index contributed by atoms with van der Waals surface area (Å²) in [5, 5.41) is 0. The summed E-state index contributed by atoms with van der Waals surface area (Å²) in [6, 6.07) is 4.66. The number of rotatable bonds is 2. The molecule has 0 atom stereocenters. The predicted molar refractivity (Wildman–Crippen MR) is 55.5 cm³/mol. The molecule has 0 aliphatic heterocycles. The largest absolute Gasteiger partial charge is 0.348 e. The first kappa shape index (κ1) is 9.40. The van der Waals surface area contributed by atoms with Crippen LogP contribution in [-0.4, -0.2) is 9.97 Å². The molecule has 0 fully saturated rings. The lowest BCUT2D eigenvalue weighted by molar-refractivity contribution is 0.626. The third kappa shape index (κ3) is 2.01. The van der Waals surface area contributed by atoms with E-state index < -0.39 is 0 Å². The van der Waals surface area contributed by atoms with Gasteiger partial charge in [-0.3, -0.25) is 0 Å². The first-order valence-corrected chi connectivity index (χ1v) is 4.97. The van der Waals surface area contributed by atoms with Crippen LogP contribution in [0.25, 0.3) is 0 Å². The van der Waals surface area contributed by atoms with Crippen molar-refractivity contribution in [3.8, 4) is 0 Å². The van der Waals surface area contributed by atoms with Gasteiger partial charge in [-0.25, -0.2) is 9.37 Å². The Hall–Kier alpha value is -1.16. The van der Waals surface area contributed by atoms with Gasteiger partial charge < -0.3 is 4.98 Å². The van der Waals surface area contributed by atoms with Crippen molar-refractivity contribution in [1.29, 1.82) is 0 Å². The Kier molecular flexibility index (Phi) is 2.63. The zero-order chi connectivity index (χ0) is 9.97. The van der Waals surface area contributed by atoms with Gasteiger partial charge in [-0.05, 0) is 17.7 Å². The maximum absolute atomic E-state index is 12.8. The number of halogens is 2. The summed E-state index contributed by atoms with van der Waals surface area (Å²) in [5.74, 6) is 0.636. The van der Waals surface area contributed by atoms with Crippen molar-refractivity contribution < 1.29 is 4.39 Å². The van der Waals surface area contributed by atoms with E-state index in [0.717, 1.165) is 15.9 Å². The Morgan fingerprint density at radius 2 is 2.29 bits per heavy atom. The third-order valence-corrected chi connectivity index (χ3v) is 2.67. The van der Waals surface area contributed by atoms with Crippen LogP contribution in [0.4, 0.5) is 4.39 Å². The van der Waals surface area contributed by atoms with Crippen molar-refractivity contribution in [3.63, 3.8) is 0 Å². The molecule has 0 aliphatic rings. The van der Waals surface area contributed by atoms with E-state index in [4.69, 9.17) is 0 Å². The van der Waals surface area contributed by atoms with Gasteiger partial charge in [-0.2, -0.15) is 0 Å².